The molecule has 5 N–H and O–H groups in total. The van der Waals surface area contributed by atoms with E-state index in [0.29, 0.717) is 10.6 Å². The molecule has 5 atom stereocenters. The highest BCUT2D eigenvalue weighted by Gasteiger charge is 2.46. The third-order valence-electron chi connectivity index (χ3n) is 4.94. The highest BCUT2D eigenvalue weighted by Crippen LogP contribution is 2.57. The van der Waals surface area contributed by atoms with Gasteiger partial charge in [0.25, 0.3) is 5.56 Å². The average Bonchev–Trinajstić information content (AvgIpc) is 3.00. The number of benzene rings is 1. The number of hydrogen-bond acceptors (Lipinski definition) is 9. The normalized spacial score (nSPS) is 24.4. The van der Waals surface area contributed by atoms with Gasteiger partial charge in [0.2, 0.25) is 0 Å². The maximum Gasteiger partial charge on any atom is 0.481 e. The summed E-state index contributed by atoms with van der Waals surface area (Å²) in [4.78, 5) is 51.6. The Labute approximate surface area is 194 Å². The first-order valence-corrected chi connectivity index (χ1v) is 12.7. The summed E-state index contributed by atoms with van der Waals surface area (Å²) in [7, 11) is -10.7. The molecule has 1 aliphatic heterocycles. The van der Waals surface area contributed by atoms with Crippen molar-refractivity contribution in [3.8, 4) is 0 Å². The maximum atomic E-state index is 13.9. The molecule has 0 aliphatic carbocycles. The Morgan fingerprint density at radius 2 is 1.74 bits per heavy atom. The molecular weight excluding hydrogens is 524 g/mol. The van der Waals surface area contributed by atoms with Crippen LogP contribution >= 0.6 is 15.6 Å². The van der Waals surface area contributed by atoms with Crippen molar-refractivity contribution in [3.63, 3.8) is 0 Å². The van der Waals surface area contributed by atoms with Crippen molar-refractivity contribution < 1.29 is 56.4 Å². The summed E-state index contributed by atoms with van der Waals surface area (Å²) in [5, 5.41) is 20.5. The molecule has 0 spiro atoms. The molecule has 1 fully saturated rings. The quantitative estimate of drug-likeness (QED) is 0.250. The van der Waals surface area contributed by atoms with Crippen LogP contribution in [0.3, 0.4) is 0 Å². The van der Waals surface area contributed by atoms with Gasteiger partial charge >= 0.3 is 21.3 Å². The lowest BCUT2D eigenvalue weighted by atomic mass is 10.1. The molecule has 1 saturated heterocycles. The molecule has 0 saturated carbocycles. The van der Waals surface area contributed by atoms with Crippen LogP contribution in [0.1, 0.15) is 11.8 Å². The fraction of sp³-hybridized carbons (Fsp3) is 0.412. The summed E-state index contributed by atoms with van der Waals surface area (Å²) in [6, 6.07) is 3.74. The van der Waals surface area contributed by atoms with E-state index in [0.717, 1.165) is 29.0 Å². The second-order valence-electron chi connectivity index (χ2n) is 7.36. The predicted molar refractivity (Wildman–Crippen MR) is 110 cm³/mol. The van der Waals surface area contributed by atoms with Crippen LogP contribution < -0.4 is 11.2 Å². The monoisotopic (exact) mass is 544 g/mol. The minimum atomic E-state index is -5.40. The van der Waals surface area contributed by atoms with E-state index in [2.05, 4.69) is 8.83 Å². The lowest BCUT2D eigenvalue weighted by Crippen LogP contribution is -2.43. The van der Waals surface area contributed by atoms with Crippen molar-refractivity contribution in [2.45, 2.75) is 37.5 Å². The van der Waals surface area contributed by atoms with Gasteiger partial charge in [-0.2, -0.15) is 4.31 Å². The van der Waals surface area contributed by atoms with Gasteiger partial charge in [-0.15, -0.1) is 0 Å². The van der Waals surface area contributed by atoms with E-state index in [1.165, 1.54) is 0 Å². The number of aromatic nitrogens is 2. The van der Waals surface area contributed by atoms with Gasteiger partial charge in [0.15, 0.2) is 6.23 Å². The molecule has 2 aromatic rings. The Hall–Kier alpha value is -2.10. The molecule has 1 aliphatic rings. The molecule has 194 valence electrons. The van der Waals surface area contributed by atoms with E-state index in [9.17, 15) is 42.6 Å². The van der Waals surface area contributed by atoms with E-state index in [1.807, 2.05) is 0 Å². The third kappa shape index (κ3) is 6.77. The Morgan fingerprint density at radius 1 is 1.06 bits per heavy atom. The first kappa shape index (κ1) is 27.5. The number of hydrogen-bond donors (Lipinski definition) is 5. The van der Waals surface area contributed by atoms with Crippen LogP contribution in [0.15, 0.2) is 40.1 Å². The van der Waals surface area contributed by atoms with Crippen molar-refractivity contribution >= 4 is 15.6 Å². The topological polar surface area (TPSA) is 207 Å². The van der Waals surface area contributed by atoms with Gasteiger partial charge in [0.1, 0.15) is 29.9 Å². The second kappa shape index (κ2) is 10.5. The Balaban J connectivity index is 1.77. The van der Waals surface area contributed by atoms with Crippen LogP contribution in [0.2, 0.25) is 0 Å². The standard InChI is InChI=1S/C17H20F2N2O12P2/c18-10-2-1-9(11(19)7-10)3-5-20-13(22)4-6-21(17(20)25)16-15(24)14(23)12(32-16)8-31-35(29,30)33-34(26,27)28/h1-2,4,6-7,12,14-16,23-24H,3,5,8H2,(H,29,30)(H2,26,27,28)/t12-,14-,15-,16-/m1/s1. The highest BCUT2D eigenvalue weighted by atomic mass is 31.3. The van der Waals surface area contributed by atoms with Crippen LogP contribution in [-0.4, -0.2) is 58.9 Å². The molecule has 0 bridgehead atoms. The van der Waals surface area contributed by atoms with Crippen molar-refractivity contribution in [1.29, 1.82) is 0 Å². The number of phosphoric ester groups is 1. The molecule has 2 heterocycles. The lowest BCUT2D eigenvalue weighted by molar-refractivity contribution is -0.0548. The minimum absolute atomic E-state index is 0.0313. The molecule has 1 aromatic heterocycles. The number of rotatable bonds is 9. The van der Waals surface area contributed by atoms with E-state index in [1.54, 1.807) is 0 Å². The van der Waals surface area contributed by atoms with E-state index in [-0.39, 0.29) is 18.5 Å². The number of aliphatic hydroxyl groups is 2. The van der Waals surface area contributed by atoms with Gasteiger partial charge in [-0.1, -0.05) is 6.07 Å². The fourth-order valence-electron chi connectivity index (χ4n) is 3.31. The molecule has 18 heteroatoms. The Morgan fingerprint density at radius 3 is 2.37 bits per heavy atom. The minimum Gasteiger partial charge on any atom is -0.387 e. The van der Waals surface area contributed by atoms with E-state index < -0.39 is 69.7 Å². The number of nitrogens with zero attached hydrogens (tertiary/aromatic N) is 2. The highest BCUT2D eigenvalue weighted by molar-refractivity contribution is 7.60. The van der Waals surface area contributed by atoms with Crippen molar-refractivity contribution in [1.82, 2.24) is 9.13 Å². The molecular formula is C17H20F2N2O12P2. The Kier molecular flexibility index (Phi) is 8.23. The molecule has 35 heavy (non-hydrogen) atoms. The zero-order chi connectivity index (χ0) is 26.1. The number of ether oxygens (including phenoxy) is 1. The number of aryl methyl sites for hydroxylation is 1. The maximum absolute atomic E-state index is 13.9. The van der Waals surface area contributed by atoms with Crippen LogP contribution in [0, 0.1) is 11.6 Å². The first-order chi connectivity index (χ1) is 16.2. The van der Waals surface area contributed by atoms with Crippen LogP contribution in [-0.2, 0) is 35.7 Å². The van der Waals surface area contributed by atoms with Gasteiger partial charge < -0.3 is 29.6 Å². The van der Waals surface area contributed by atoms with Gasteiger partial charge in [-0.05, 0) is 18.1 Å². The van der Waals surface area contributed by atoms with E-state index >= 15 is 0 Å². The van der Waals surface area contributed by atoms with Gasteiger partial charge in [0, 0.05) is 24.9 Å². The van der Waals surface area contributed by atoms with Crippen LogP contribution in [0.4, 0.5) is 8.78 Å². The largest absolute Gasteiger partial charge is 0.481 e. The summed E-state index contributed by atoms with van der Waals surface area (Å²) in [5.41, 5.74) is -1.77. The second-order valence-corrected chi connectivity index (χ2v) is 10.2. The predicted octanol–water partition coefficient (Wildman–Crippen LogP) is -0.624. The van der Waals surface area contributed by atoms with Crippen molar-refractivity contribution in [3.05, 3.63) is 68.5 Å². The molecule has 14 nitrogen and oxygen atoms in total. The molecule has 1 unspecified atom stereocenters. The zero-order valence-electron chi connectivity index (χ0n) is 17.5. The summed E-state index contributed by atoms with van der Waals surface area (Å²) < 4.78 is 63.9. The molecule has 0 radical (unpaired) electrons. The number of phosphoric acid groups is 2. The van der Waals surface area contributed by atoms with Crippen molar-refractivity contribution in [2.24, 2.45) is 0 Å². The Bertz CT molecular complexity index is 1290. The number of halogens is 2. The van der Waals surface area contributed by atoms with Gasteiger partial charge in [-0.3, -0.25) is 18.5 Å². The molecule has 0 amide bonds. The fourth-order valence-corrected chi connectivity index (χ4v) is 4.91. The zero-order valence-corrected chi connectivity index (χ0v) is 19.2. The van der Waals surface area contributed by atoms with Gasteiger partial charge in [-0.25, -0.2) is 22.7 Å². The van der Waals surface area contributed by atoms with E-state index in [4.69, 9.17) is 14.5 Å². The molecule has 1 aromatic carbocycles. The average molecular weight is 544 g/mol. The summed E-state index contributed by atoms with van der Waals surface area (Å²) in [6.07, 6.45) is -5.97. The summed E-state index contributed by atoms with van der Waals surface area (Å²) in [5.74, 6) is -1.68. The number of aliphatic hydroxyl groups excluding tert-OH is 2. The van der Waals surface area contributed by atoms with Crippen LogP contribution in [0.5, 0.6) is 0 Å². The SMILES string of the molecule is O=c1ccn([C@@H]2O[C@H](COP(=O)(O)OP(=O)(O)O)[C@@H](O)[C@H]2O)c(=O)n1CCc1ccc(F)cc1F. The summed E-state index contributed by atoms with van der Waals surface area (Å²) in [6.45, 7) is -1.31. The molecule has 3 rings (SSSR count). The lowest BCUT2D eigenvalue weighted by Gasteiger charge is -2.19. The smallest absolute Gasteiger partial charge is 0.387 e. The van der Waals surface area contributed by atoms with Gasteiger partial charge in [0.05, 0.1) is 6.61 Å². The summed E-state index contributed by atoms with van der Waals surface area (Å²) >= 11 is 0. The first-order valence-electron chi connectivity index (χ1n) is 9.70. The third-order valence-corrected chi connectivity index (χ3v) is 7.09. The van der Waals surface area contributed by atoms with Crippen LogP contribution in [0.25, 0.3) is 0 Å². The van der Waals surface area contributed by atoms with Crippen molar-refractivity contribution in [2.75, 3.05) is 6.61 Å².